The number of alkyl halides is 1. The van der Waals surface area contributed by atoms with Gasteiger partial charge >= 0.3 is 12.1 Å². The lowest BCUT2D eigenvalue weighted by Gasteiger charge is -2.47. The zero-order valence-electron chi connectivity index (χ0n) is 36.8. The smallest absolute Gasteiger partial charge is 0.410 e. The molecule has 16 heteroatoms. The summed E-state index contributed by atoms with van der Waals surface area (Å²) in [5.41, 5.74) is -4.69. The number of halogens is 1. The van der Waals surface area contributed by atoms with Crippen LogP contribution in [0.4, 0.5) is 9.18 Å². The van der Waals surface area contributed by atoms with Crippen molar-refractivity contribution in [3.05, 3.63) is 37.1 Å². The molecule has 0 spiro atoms. The van der Waals surface area contributed by atoms with Crippen molar-refractivity contribution in [3.63, 3.8) is 0 Å². The lowest BCUT2D eigenvalue weighted by molar-refractivity contribution is -0.293. The molecule has 3 saturated heterocycles. The number of rotatable bonds is 12. The van der Waals surface area contributed by atoms with E-state index in [0.29, 0.717) is 32.4 Å². The number of amides is 1. The van der Waals surface area contributed by atoms with E-state index >= 15 is 4.39 Å². The van der Waals surface area contributed by atoms with Gasteiger partial charge in [-0.1, -0.05) is 27.7 Å². The van der Waals surface area contributed by atoms with Crippen LogP contribution in [0, 0.1) is 29.8 Å². The average molecular weight is 852 g/mol. The number of carbonyl (C=O) groups excluding carboxylic acids is 4. The van der Waals surface area contributed by atoms with Crippen molar-refractivity contribution in [3.8, 4) is 23.3 Å². The number of aliphatic hydroxyl groups excluding tert-OH is 1. The van der Waals surface area contributed by atoms with Gasteiger partial charge in [-0.25, -0.2) is 19.0 Å². The van der Waals surface area contributed by atoms with Crippen molar-refractivity contribution < 1.29 is 52.4 Å². The molecule has 61 heavy (non-hydrogen) atoms. The Labute approximate surface area is 358 Å². The Bertz CT molecular complexity index is 1970. The number of likely N-dealkylation sites (N-methyl/N-ethyl adjacent to an activating group) is 1. The van der Waals surface area contributed by atoms with Crippen LogP contribution < -0.4 is 0 Å². The van der Waals surface area contributed by atoms with E-state index in [0.717, 1.165) is 24.6 Å². The zero-order chi connectivity index (χ0) is 44.4. The second kappa shape index (κ2) is 18.5. The highest BCUT2D eigenvalue weighted by Gasteiger charge is 2.62. The number of unbranched alkanes of at least 4 members (excludes halogenated alkanes) is 1. The van der Waals surface area contributed by atoms with E-state index in [1.54, 1.807) is 46.4 Å². The van der Waals surface area contributed by atoms with E-state index in [1.165, 1.54) is 11.8 Å². The number of fused-ring (bicyclic) bond motifs is 3. The molecular formula is C45H62FN5O10. The molecule has 15 nitrogen and oxygen atoms in total. The quantitative estimate of drug-likeness (QED) is 0.129. The number of carbonyl (C=O) groups is 4. The Balaban J connectivity index is 1.30. The number of cyclic esters (lactones) is 1. The molecule has 0 unspecified atom stereocenters. The van der Waals surface area contributed by atoms with Gasteiger partial charge in [0.15, 0.2) is 23.5 Å². The van der Waals surface area contributed by atoms with Crippen LogP contribution in [0.5, 0.6) is 0 Å². The van der Waals surface area contributed by atoms with Gasteiger partial charge in [0.1, 0.15) is 30.0 Å². The van der Waals surface area contributed by atoms with Crippen LogP contribution in [0.1, 0.15) is 93.9 Å². The van der Waals surface area contributed by atoms with Crippen LogP contribution in [0.15, 0.2) is 37.1 Å². The number of aromatic nitrogens is 3. The number of ether oxygens (including phenoxy) is 5. The van der Waals surface area contributed by atoms with Gasteiger partial charge in [-0.15, -0.1) is 0 Å². The maximum absolute atomic E-state index is 17.0. The molecule has 6 heterocycles. The van der Waals surface area contributed by atoms with Crippen molar-refractivity contribution in [2.45, 2.75) is 160 Å². The van der Waals surface area contributed by atoms with Gasteiger partial charge in [0.2, 0.25) is 0 Å². The third-order valence-electron chi connectivity index (χ3n) is 13.1. The fourth-order valence-corrected chi connectivity index (χ4v) is 9.78. The molecule has 2 bridgehead atoms. The standard InChI is InChI=1S/C45H62FN5O10/c1-10-18-49(9)33-22-27(3)58-40(36(33)53)60-39-29(5)38(54)44(7,46)41(55)59-34(11-2)45(8)37(28(4)35(52)30-16-21-57-43(39,6)23-30)51(42(56)61-45)20-13-12-19-50-25-32(48-26-50)31-15-14-17-47-24-31/h14-15,17,24-30,33-34,36-37,39-40,53H,10-13,18-20,22-23H2,1-9H3/t27-,28+,29+,30-,33+,34-,36-,37-,39-,40+,43-,44+,45-/m1/s1. The fraction of sp³-hybridized carbons (Fsp3) is 0.689. The number of nitrogens with zero attached hydrogens (tertiary/aromatic N) is 5. The summed E-state index contributed by atoms with van der Waals surface area (Å²) in [5.74, 6) is -3.31. The predicted octanol–water partition coefficient (Wildman–Crippen LogP) is 5.13. The van der Waals surface area contributed by atoms with Gasteiger partial charge in [0, 0.05) is 61.5 Å². The molecule has 334 valence electrons. The zero-order valence-corrected chi connectivity index (χ0v) is 36.8. The molecule has 0 aromatic carbocycles. The van der Waals surface area contributed by atoms with Gasteiger partial charge in [-0.2, -0.15) is 0 Å². The Morgan fingerprint density at radius 2 is 1.82 bits per heavy atom. The van der Waals surface area contributed by atoms with Crippen molar-refractivity contribution in [2.75, 3.05) is 20.1 Å². The van der Waals surface area contributed by atoms with Crippen LogP contribution in [-0.4, -0.2) is 133 Å². The number of imidazole rings is 1. The van der Waals surface area contributed by atoms with Crippen molar-refractivity contribution >= 4 is 23.6 Å². The minimum Gasteiger partial charge on any atom is -0.455 e. The first-order chi connectivity index (χ1) is 28.9. The monoisotopic (exact) mass is 851 g/mol. The van der Waals surface area contributed by atoms with Crippen LogP contribution in [-0.2, 0) is 44.6 Å². The molecule has 3 fully saturated rings. The lowest BCUT2D eigenvalue weighted by Crippen LogP contribution is -2.62. The largest absolute Gasteiger partial charge is 0.455 e. The third kappa shape index (κ3) is 9.21. The number of esters is 1. The molecule has 0 radical (unpaired) electrons. The molecule has 0 aliphatic carbocycles. The number of hydrogen-bond acceptors (Lipinski definition) is 13. The lowest BCUT2D eigenvalue weighted by atomic mass is 9.72. The highest BCUT2D eigenvalue weighted by molar-refractivity contribution is 6.08. The van der Waals surface area contributed by atoms with Gasteiger partial charge in [0.05, 0.1) is 30.1 Å². The highest BCUT2D eigenvalue weighted by Crippen LogP contribution is 2.44. The maximum Gasteiger partial charge on any atom is 0.410 e. The summed E-state index contributed by atoms with van der Waals surface area (Å²) >= 11 is 0. The first kappa shape index (κ1) is 46.1. The van der Waals surface area contributed by atoms with E-state index in [9.17, 15) is 24.3 Å². The Morgan fingerprint density at radius 3 is 2.51 bits per heavy atom. The SMILES string of the molecule is CCCN(C)[C@H]1C[C@@H](C)O[C@@H](O[C@@H]2[C@@H](C)C(=O)[C@](C)(F)C(=O)O[C@H](CC)[C@@]3(C)OC(=O)N(CCCCn4cnc(-c5cccnc5)c4)[C@@H]3[C@@H](C)C(=O)[C@@H]3C#CO[C@]2(C)C3)[C@@H]1O. The predicted molar refractivity (Wildman–Crippen MR) is 220 cm³/mol. The van der Waals surface area contributed by atoms with Crippen LogP contribution in [0.3, 0.4) is 0 Å². The molecule has 6 rings (SSSR count). The second-order valence-corrected chi connectivity index (χ2v) is 17.8. The molecule has 2 aromatic rings. The Hall–Kier alpha value is -4.43. The summed E-state index contributed by atoms with van der Waals surface area (Å²) in [6.07, 6.45) is 6.15. The average Bonchev–Trinajstić information content (AvgIpc) is 3.81. The topological polar surface area (TPSA) is 172 Å². The van der Waals surface area contributed by atoms with E-state index in [1.807, 2.05) is 48.7 Å². The van der Waals surface area contributed by atoms with Crippen LogP contribution in [0.25, 0.3) is 11.3 Å². The summed E-state index contributed by atoms with van der Waals surface area (Å²) in [4.78, 5) is 69.1. The molecule has 4 aliphatic rings. The van der Waals surface area contributed by atoms with Gasteiger partial charge in [-0.05, 0) is 91.4 Å². The summed E-state index contributed by atoms with van der Waals surface area (Å²) in [6.45, 7) is 14.2. The van der Waals surface area contributed by atoms with E-state index in [2.05, 4.69) is 22.0 Å². The Morgan fingerprint density at radius 1 is 1.08 bits per heavy atom. The minimum atomic E-state index is -3.20. The van der Waals surface area contributed by atoms with Crippen molar-refractivity contribution in [1.82, 2.24) is 24.3 Å². The molecule has 1 amide bonds. The molecule has 2 aromatic heterocycles. The van der Waals surface area contributed by atoms with Crippen molar-refractivity contribution in [1.29, 1.82) is 0 Å². The van der Waals surface area contributed by atoms with Crippen molar-refractivity contribution in [2.24, 2.45) is 17.8 Å². The van der Waals surface area contributed by atoms with E-state index in [4.69, 9.17) is 23.7 Å². The fourth-order valence-electron chi connectivity index (χ4n) is 9.78. The third-order valence-corrected chi connectivity index (χ3v) is 13.1. The summed E-state index contributed by atoms with van der Waals surface area (Å²) < 4.78 is 49.6. The number of ketones is 2. The summed E-state index contributed by atoms with van der Waals surface area (Å²) in [5, 5.41) is 11.6. The summed E-state index contributed by atoms with van der Waals surface area (Å²) in [6, 6.07) is 2.45. The maximum atomic E-state index is 17.0. The minimum absolute atomic E-state index is 0.0735. The first-order valence-electron chi connectivity index (χ1n) is 21.6. The number of Topliss-reactive ketones (excluding diaryl/α,β-unsaturated/α-hetero) is 2. The number of aryl methyl sites for hydroxylation is 1. The van der Waals surface area contributed by atoms with Gasteiger partial charge in [-0.3, -0.25) is 14.6 Å². The number of pyridine rings is 1. The molecular weight excluding hydrogens is 790 g/mol. The van der Waals surface area contributed by atoms with E-state index < -0.39 is 83.1 Å². The molecule has 0 saturated carbocycles. The highest BCUT2D eigenvalue weighted by atomic mass is 19.1. The molecule has 13 atom stereocenters. The van der Waals surface area contributed by atoms with E-state index in [-0.39, 0.29) is 37.3 Å². The molecule has 1 N–H and O–H groups in total. The number of hydrogen-bond donors (Lipinski definition) is 1. The first-order valence-corrected chi connectivity index (χ1v) is 21.6. The summed E-state index contributed by atoms with van der Waals surface area (Å²) in [7, 11) is 1.90. The van der Waals surface area contributed by atoms with Crippen LogP contribution in [0.2, 0.25) is 0 Å². The molecule has 4 aliphatic heterocycles. The Kier molecular flexibility index (Phi) is 14.0. The van der Waals surface area contributed by atoms with Gasteiger partial charge < -0.3 is 43.2 Å². The van der Waals surface area contributed by atoms with Crippen LogP contribution >= 0.6 is 0 Å². The second-order valence-electron chi connectivity index (χ2n) is 17.8. The number of aliphatic hydroxyl groups is 1. The van der Waals surface area contributed by atoms with Gasteiger partial charge in [0.25, 0.3) is 5.67 Å². The normalized spacial score (nSPS) is 37.0.